The maximum absolute atomic E-state index is 11.2. The fourth-order valence-electron chi connectivity index (χ4n) is 1.51. The molecule has 0 radical (unpaired) electrons. The predicted molar refractivity (Wildman–Crippen MR) is 72.0 cm³/mol. The minimum Gasteiger partial charge on any atom is -0.381 e. The molecule has 0 bridgehead atoms. The third kappa shape index (κ3) is 6.72. The first-order chi connectivity index (χ1) is 8.83. The second kappa shape index (κ2) is 9.26. The molecule has 1 N–H and O–H groups in total. The Balaban J connectivity index is 1.96. The normalized spacial score (nSPS) is 9.72. The number of benzene rings is 1. The number of ether oxygens (including phenoxy) is 1. The molecule has 1 aromatic carbocycles. The summed E-state index contributed by atoms with van der Waals surface area (Å²) in [5, 5.41) is 2.62. The molecule has 0 aliphatic carbocycles. The van der Waals surface area contributed by atoms with Crippen molar-refractivity contribution in [2.24, 2.45) is 0 Å². The van der Waals surface area contributed by atoms with E-state index in [1.54, 1.807) is 0 Å². The second-order valence-electron chi connectivity index (χ2n) is 3.93. The van der Waals surface area contributed by atoms with E-state index in [1.807, 2.05) is 18.2 Å². The molecule has 0 unspecified atom stereocenters. The van der Waals surface area contributed by atoms with Crippen molar-refractivity contribution in [2.75, 3.05) is 19.8 Å². The molecule has 96 valence electrons. The summed E-state index contributed by atoms with van der Waals surface area (Å²) in [6, 6.07) is 10.2. The van der Waals surface area contributed by atoms with Crippen LogP contribution in [-0.4, -0.2) is 25.7 Å². The average molecular weight is 245 g/mol. The van der Waals surface area contributed by atoms with Gasteiger partial charge in [0.15, 0.2) is 0 Å². The van der Waals surface area contributed by atoms with E-state index < -0.39 is 0 Å². The lowest BCUT2D eigenvalue weighted by Crippen LogP contribution is -2.23. The quantitative estimate of drug-likeness (QED) is 0.560. The molecule has 18 heavy (non-hydrogen) atoms. The zero-order valence-corrected chi connectivity index (χ0v) is 10.5. The van der Waals surface area contributed by atoms with Gasteiger partial charge in [-0.05, 0) is 18.4 Å². The van der Waals surface area contributed by atoms with Gasteiger partial charge >= 0.3 is 0 Å². The molecular formula is C15H19NO2. The van der Waals surface area contributed by atoms with Crippen LogP contribution in [0.5, 0.6) is 0 Å². The minimum absolute atomic E-state index is 0.0143. The topological polar surface area (TPSA) is 38.3 Å². The van der Waals surface area contributed by atoms with E-state index in [2.05, 4.69) is 23.4 Å². The fourth-order valence-corrected chi connectivity index (χ4v) is 1.51. The van der Waals surface area contributed by atoms with E-state index in [4.69, 9.17) is 11.2 Å². The molecule has 0 atom stereocenters. The van der Waals surface area contributed by atoms with E-state index in [0.717, 1.165) is 12.8 Å². The van der Waals surface area contributed by atoms with Gasteiger partial charge in [-0.1, -0.05) is 36.3 Å². The van der Waals surface area contributed by atoms with Crippen LogP contribution >= 0.6 is 0 Å². The number of terminal acetylenes is 1. The van der Waals surface area contributed by atoms with Gasteiger partial charge in [0.05, 0.1) is 13.2 Å². The number of hydrogen-bond acceptors (Lipinski definition) is 2. The highest BCUT2D eigenvalue weighted by Gasteiger charge is 1.99. The van der Waals surface area contributed by atoms with Crippen LogP contribution in [0.4, 0.5) is 0 Å². The van der Waals surface area contributed by atoms with Crippen LogP contribution in [-0.2, 0) is 16.0 Å². The van der Waals surface area contributed by atoms with Crippen molar-refractivity contribution in [2.45, 2.75) is 19.3 Å². The zero-order chi connectivity index (χ0) is 13.1. The molecule has 0 spiro atoms. The number of amides is 1. The minimum atomic E-state index is -0.0143. The molecule has 0 saturated heterocycles. The molecule has 1 aromatic rings. The molecule has 0 aliphatic rings. The highest BCUT2D eigenvalue weighted by atomic mass is 16.5. The number of carbonyl (C=O) groups is 1. The highest BCUT2D eigenvalue weighted by molar-refractivity contribution is 5.76. The van der Waals surface area contributed by atoms with Gasteiger partial charge < -0.3 is 10.1 Å². The van der Waals surface area contributed by atoms with Crippen LogP contribution in [0, 0.1) is 12.3 Å². The van der Waals surface area contributed by atoms with Gasteiger partial charge in [-0.15, -0.1) is 6.42 Å². The molecule has 1 amide bonds. The number of rotatable bonds is 8. The van der Waals surface area contributed by atoms with Gasteiger partial charge in [0.2, 0.25) is 5.91 Å². The van der Waals surface area contributed by atoms with Crippen LogP contribution in [0.2, 0.25) is 0 Å². The smallest absolute Gasteiger partial charge is 0.220 e. The molecule has 3 heteroatoms. The van der Waals surface area contributed by atoms with Crippen molar-refractivity contribution < 1.29 is 9.53 Å². The molecule has 0 aromatic heterocycles. The maximum Gasteiger partial charge on any atom is 0.220 e. The molecule has 1 rings (SSSR count). The summed E-state index contributed by atoms with van der Waals surface area (Å²) >= 11 is 0. The summed E-state index contributed by atoms with van der Waals surface area (Å²) in [6.07, 6.45) is 7.14. The summed E-state index contributed by atoms with van der Waals surface area (Å²) in [6.45, 7) is 1.60. The largest absolute Gasteiger partial charge is 0.381 e. The van der Waals surface area contributed by atoms with E-state index in [1.165, 1.54) is 5.56 Å². The molecular weight excluding hydrogens is 226 g/mol. The summed E-state index contributed by atoms with van der Waals surface area (Å²) in [5.41, 5.74) is 1.27. The van der Waals surface area contributed by atoms with Crippen molar-refractivity contribution >= 4 is 5.91 Å². The number of hydrogen-bond donors (Lipinski definition) is 1. The standard InChI is InChI=1S/C15H19NO2/c1-2-11-16-15(17)9-6-12-18-13-10-14-7-4-3-5-8-14/h1,3-5,7-8H,6,9-13H2,(H,16,17). The Morgan fingerprint density at radius 1 is 1.28 bits per heavy atom. The van der Waals surface area contributed by atoms with E-state index in [0.29, 0.717) is 26.2 Å². The summed E-state index contributed by atoms with van der Waals surface area (Å²) in [7, 11) is 0. The Labute approximate surface area is 109 Å². The van der Waals surface area contributed by atoms with Crippen LogP contribution in [0.3, 0.4) is 0 Å². The maximum atomic E-state index is 11.2. The Morgan fingerprint density at radius 2 is 2.06 bits per heavy atom. The molecule has 0 aliphatic heterocycles. The van der Waals surface area contributed by atoms with Crippen LogP contribution in [0.1, 0.15) is 18.4 Å². The van der Waals surface area contributed by atoms with Crippen molar-refractivity contribution in [1.82, 2.24) is 5.32 Å². The van der Waals surface area contributed by atoms with Gasteiger partial charge in [0, 0.05) is 13.0 Å². The first-order valence-electron chi connectivity index (χ1n) is 6.15. The third-order valence-corrected chi connectivity index (χ3v) is 2.46. The summed E-state index contributed by atoms with van der Waals surface area (Å²) < 4.78 is 5.47. The summed E-state index contributed by atoms with van der Waals surface area (Å²) in [4.78, 5) is 11.2. The zero-order valence-electron chi connectivity index (χ0n) is 10.5. The lowest BCUT2D eigenvalue weighted by Gasteiger charge is -2.04. The molecule has 0 saturated carbocycles. The van der Waals surface area contributed by atoms with Crippen molar-refractivity contribution in [3.05, 3.63) is 35.9 Å². The van der Waals surface area contributed by atoms with Crippen molar-refractivity contribution in [1.29, 1.82) is 0 Å². The second-order valence-corrected chi connectivity index (χ2v) is 3.93. The lowest BCUT2D eigenvalue weighted by molar-refractivity contribution is -0.121. The van der Waals surface area contributed by atoms with Gasteiger partial charge in [0.1, 0.15) is 0 Å². The Kier molecular flexibility index (Phi) is 7.34. The molecule has 0 heterocycles. The Hall–Kier alpha value is -1.79. The van der Waals surface area contributed by atoms with Crippen molar-refractivity contribution in [3.63, 3.8) is 0 Å². The number of nitrogens with one attached hydrogen (secondary N) is 1. The average Bonchev–Trinajstić information content (AvgIpc) is 2.41. The Bertz CT molecular complexity index is 381. The van der Waals surface area contributed by atoms with Crippen molar-refractivity contribution in [3.8, 4) is 12.3 Å². The molecule has 3 nitrogen and oxygen atoms in total. The molecule has 0 fully saturated rings. The van der Waals surface area contributed by atoms with Crippen LogP contribution in [0.15, 0.2) is 30.3 Å². The first kappa shape index (κ1) is 14.3. The van der Waals surface area contributed by atoms with E-state index >= 15 is 0 Å². The third-order valence-electron chi connectivity index (χ3n) is 2.46. The van der Waals surface area contributed by atoms with Gasteiger partial charge in [-0.2, -0.15) is 0 Å². The van der Waals surface area contributed by atoms with Gasteiger partial charge in [-0.3, -0.25) is 4.79 Å². The number of carbonyl (C=O) groups excluding carboxylic acids is 1. The predicted octanol–water partition coefficient (Wildman–Crippen LogP) is 1.78. The van der Waals surface area contributed by atoms with E-state index in [9.17, 15) is 4.79 Å². The van der Waals surface area contributed by atoms with Gasteiger partial charge in [-0.25, -0.2) is 0 Å². The summed E-state index contributed by atoms with van der Waals surface area (Å²) in [5.74, 6) is 2.35. The fraction of sp³-hybridized carbons (Fsp3) is 0.400. The Morgan fingerprint density at radius 3 is 2.78 bits per heavy atom. The van der Waals surface area contributed by atoms with Gasteiger partial charge in [0.25, 0.3) is 0 Å². The van der Waals surface area contributed by atoms with Crippen LogP contribution < -0.4 is 5.32 Å². The lowest BCUT2D eigenvalue weighted by atomic mass is 10.2. The first-order valence-corrected chi connectivity index (χ1v) is 6.15. The monoisotopic (exact) mass is 245 g/mol. The SMILES string of the molecule is C#CCNC(=O)CCCOCCc1ccccc1. The van der Waals surface area contributed by atoms with E-state index in [-0.39, 0.29) is 5.91 Å². The van der Waals surface area contributed by atoms with Crippen LogP contribution in [0.25, 0.3) is 0 Å². The highest BCUT2D eigenvalue weighted by Crippen LogP contribution is 2.00.